The fraction of sp³-hybridized carbons (Fsp3) is 1.00. The lowest BCUT2D eigenvalue weighted by Gasteiger charge is -2.41. The Labute approximate surface area is 118 Å². The molecule has 19 heavy (non-hydrogen) atoms. The minimum absolute atomic E-state index is 0.356. The minimum atomic E-state index is 0.356. The van der Waals surface area contributed by atoms with Crippen molar-refractivity contribution in [3.63, 3.8) is 0 Å². The zero-order chi connectivity index (χ0) is 13.8. The van der Waals surface area contributed by atoms with E-state index in [1.165, 1.54) is 38.9 Å². The van der Waals surface area contributed by atoms with Crippen LogP contribution >= 0.6 is 0 Å². The van der Waals surface area contributed by atoms with Gasteiger partial charge in [0.05, 0.1) is 0 Å². The van der Waals surface area contributed by atoms with E-state index in [4.69, 9.17) is 5.11 Å². The van der Waals surface area contributed by atoms with Crippen molar-refractivity contribution < 1.29 is 5.11 Å². The summed E-state index contributed by atoms with van der Waals surface area (Å²) in [4.78, 5) is 2.64. The van der Waals surface area contributed by atoms with E-state index in [1.807, 2.05) is 0 Å². The van der Waals surface area contributed by atoms with Gasteiger partial charge in [0.1, 0.15) is 0 Å². The fourth-order valence-electron chi connectivity index (χ4n) is 4.34. The Morgan fingerprint density at radius 3 is 2.74 bits per heavy atom. The third-order valence-electron chi connectivity index (χ3n) is 5.43. The molecule has 0 bridgehead atoms. The molecule has 112 valence electrons. The van der Waals surface area contributed by atoms with E-state index in [1.54, 1.807) is 0 Å². The van der Waals surface area contributed by atoms with Gasteiger partial charge in [0.2, 0.25) is 0 Å². The number of aliphatic hydroxyl groups excluding tert-OH is 1. The molecule has 0 spiro atoms. The van der Waals surface area contributed by atoms with Gasteiger partial charge in [-0.05, 0) is 62.9 Å². The molecule has 0 aromatic carbocycles. The molecule has 3 nitrogen and oxygen atoms in total. The summed E-state index contributed by atoms with van der Waals surface area (Å²) in [6, 6.07) is 0.690. The van der Waals surface area contributed by atoms with Gasteiger partial charge in [0, 0.05) is 25.7 Å². The molecule has 2 N–H and O–H groups in total. The Morgan fingerprint density at radius 2 is 2.05 bits per heavy atom. The smallest absolute Gasteiger partial charge is 0.0434 e. The average molecular weight is 268 g/mol. The van der Waals surface area contributed by atoms with Gasteiger partial charge in [-0.1, -0.05) is 13.8 Å². The lowest BCUT2D eigenvalue weighted by molar-refractivity contribution is 0.112. The molecule has 5 atom stereocenters. The van der Waals surface area contributed by atoms with Crippen LogP contribution in [0.25, 0.3) is 0 Å². The first kappa shape index (κ1) is 15.3. The van der Waals surface area contributed by atoms with Gasteiger partial charge in [-0.3, -0.25) is 0 Å². The van der Waals surface area contributed by atoms with Crippen molar-refractivity contribution in [2.75, 3.05) is 33.3 Å². The summed E-state index contributed by atoms with van der Waals surface area (Å²) in [6.45, 7) is 8.88. The Hall–Kier alpha value is -0.120. The maximum absolute atomic E-state index is 9.06. The molecule has 3 heteroatoms. The lowest BCUT2D eigenvalue weighted by Crippen LogP contribution is -2.47. The second kappa shape index (κ2) is 7.05. The van der Waals surface area contributed by atoms with Crippen LogP contribution in [-0.2, 0) is 0 Å². The molecule has 2 rings (SSSR count). The first-order valence-electron chi connectivity index (χ1n) is 8.14. The standard InChI is InChI=1S/C16H32N2O/c1-12-8-13(2)15(16(9-12)17-3)11-18-6-4-14(10-18)5-7-19/h12-17,19H,4-11H2,1-3H3. The lowest BCUT2D eigenvalue weighted by atomic mass is 9.72. The summed E-state index contributed by atoms with van der Waals surface area (Å²) in [7, 11) is 2.13. The van der Waals surface area contributed by atoms with Crippen molar-refractivity contribution in [3.05, 3.63) is 0 Å². The van der Waals surface area contributed by atoms with Gasteiger partial charge in [-0.2, -0.15) is 0 Å². The van der Waals surface area contributed by atoms with E-state index < -0.39 is 0 Å². The number of aliphatic hydroxyl groups is 1. The van der Waals surface area contributed by atoms with Crippen molar-refractivity contribution in [2.45, 2.75) is 45.6 Å². The Bertz CT molecular complexity index is 271. The number of hydrogen-bond acceptors (Lipinski definition) is 3. The molecule has 1 aliphatic carbocycles. The second-order valence-electron chi connectivity index (χ2n) is 7.04. The third kappa shape index (κ3) is 3.93. The van der Waals surface area contributed by atoms with Crippen LogP contribution < -0.4 is 5.32 Å². The molecule has 2 aliphatic rings. The zero-order valence-electron chi connectivity index (χ0n) is 12.9. The van der Waals surface area contributed by atoms with E-state index in [9.17, 15) is 0 Å². The SMILES string of the molecule is CNC1CC(C)CC(C)C1CN1CCC(CCO)C1. The van der Waals surface area contributed by atoms with Crippen LogP contribution in [0, 0.1) is 23.7 Å². The highest BCUT2D eigenvalue weighted by Gasteiger charge is 2.35. The maximum atomic E-state index is 9.06. The molecule has 1 heterocycles. The number of nitrogens with one attached hydrogen (secondary N) is 1. The highest BCUT2D eigenvalue weighted by molar-refractivity contribution is 4.90. The number of likely N-dealkylation sites (tertiary alicyclic amines) is 1. The molecule has 1 aliphatic heterocycles. The van der Waals surface area contributed by atoms with Crippen molar-refractivity contribution in [3.8, 4) is 0 Å². The molecule has 0 aromatic heterocycles. The van der Waals surface area contributed by atoms with Crippen LogP contribution in [0.3, 0.4) is 0 Å². The molecule has 1 saturated carbocycles. The molecule has 2 fully saturated rings. The summed E-state index contributed by atoms with van der Waals surface area (Å²) < 4.78 is 0. The number of nitrogens with zero attached hydrogens (tertiary/aromatic N) is 1. The highest BCUT2D eigenvalue weighted by Crippen LogP contribution is 2.35. The predicted octanol–water partition coefficient (Wildman–Crippen LogP) is 1.96. The molecule has 0 amide bonds. The summed E-state index contributed by atoms with van der Waals surface area (Å²) in [5.41, 5.74) is 0. The van der Waals surface area contributed by atoms with Gasteiger partial charge in [-0.15, -0.1) is 0 Å². The zero-order valence-corrected chi connectivity index (χ0v) is 12.9. The minimum Gasteiger partial charge on any atom is -0.396 e. The summed E-state index contributed by atoms with van der Waals surface area (Å²) in [6.07, 6.45) is 4.99. The quantitative estimate of drug-likeness (QED) is 0.800. The largest absolute Gasteiger partial charge is 0.396 e. The molecular formula is C16H32N2O. The summed E-state index contributed by atoms with van der Waals surface area (Å²) in [5.74, 6) is 3.23. The van der Waals surface area contributed by atoms with Gasteiger partial charge in [0.25, 0.3) is 0 Å². The number of hydrogen-bond donors (Lipinski definition) is 2. The first-order valence-corrected chi connectivity index (χ1v) is 8.14. The van der Waals surface area contributed by atoms with Crippen molar-refractivity contribution >= 4 is 0 Å². The second-order valence-corrected chi connectivity index (χ2v) is 7.04. The van der Waals surface area contributed by atoms with Crippen LogP contribution in [0.2, 0.25) is 0 Å². The van der Waals surface area contributed by atoms with E-state index in [0.29, 0.717) is 12.6 Å². The van der Waals surface area contributed by atoms with E-state index in [0.717, 1.165) is 30.1 Å². The van der Waals surface area contributed by atoms with Crippen LogP contribution in [0.1, 0.15) is 39.5 Å². The van der Waals surface area contributed by atoms with Crippen molar-refractivity contribution in [1.29, 1.82) is 0 Å². The Morgan fingerprint density at radius 1 is 1.26 bits per heavy atom. The van der Waals surface area contributed by atoms with Gasteiger partial charge < -0.3 is 15.3 Å². The molecular weight excluding hydrogens is 236 g/mol. The highest BCUT2D eigenvalue weighted by atomic mass is 16.3. The molecule has 5 unspecified atom stereocenters. The number of rotatable bonds is 5. The fourth-order valence-corrected chi connectivity index (χ4v) is 4.34. The molecule has 0 aromatic rings. The van der Waals surface area contributed by atoms with Crippen molar-refractivity contribution in [2.24, 2.45) is 23.7 Å². The normalized spacial score (nSPS) is 40.7. The van der Waals surface area contributed by atoms with E-state index >= 15 is 0 Å². The third-order valence-corrected chi connectivity index (χ3v) is 5.43. The van der Waals surface area contributed by atoms with E-state index in [-0.39, 0.29) is 0 Å². The van der Waals surface area contributed by atoms with Crippen LogP contribution in [0.5, 0.6) is 0 Å². The van der Waals surface area contributed by atoms with Crippen LogP contribution in [0.4, 0.5) is 0 Å². The van der Waals surface area contributed by atoms with Crippen LogP contribution in [-0.4, -0.2) is 49.3 Å². The maximum Gasteiger partial charge on any atom is 0.0434 e. The predicted molar refractivity (Wildman–Crippen MR) is 80.1 cm³/mol. The summed E-state index contributed by atoms with van der Waals surface area (Å²) in [5, 5.41) is 12.6. The summed E-state index contributed by atoms with van der Waals surface area (Å²) >= 11 is 0. The van der Waals surface area contributed by atoms with Crippen LogP contribution in [0.15, 0.2) is 0 Å². The van der Waals surface area contributed by atoms with Gasteiger partial charge >= 0.3 is 0 Å². The van der Waals surface area contributed by atoms with Gasteiger partial charge in [-0.25, -0.2) is 0 Å². The molecule has 1 saturated heterocycles. The Kier molecular flexibility index (Phi) is 5.67. The monoisotopic (exact) mass is 268 g/mol. The Balaban J connectivity index is 1.86. The van der Waals surface area contributed by atoms with E-state index in [2.05, 4.69) is 31.1 Å². The first-order chi connectivity index (χ1) is 9.13. The topological polar surface area (TPSA) is 35.5 Å². The van der Waals surface area contributed by atoms with Gasteiger partial charge in [0.15, 0.2) is 0 Å². The molecule has 0 radical (unpaired) electrons. The average Bonchev–Trinajstić information content (AvgIpc) is 2.80. The van der Waals surface area contributed by atoms with Crippen molar-refractivity contribution in [1.82, 2.24) is 10.2 Å².